The van der Waals surface area contributed by atoms with Crippen LogP contribution in [0.2, 0.25) is 0 Å². The molecule has 0 saturated heterocycles. The fourth-order valence-electron chi connectivity index (χ4n) is 2.60. The zero-order valence-corrected chi connectivity index (χ0v) is 14.7. The van der Waals surface area contributed by atoms with Crippen LogP contribution in [-0.2, 0) is 9.53 Å². The van der Waals surface area contributed by atoms with Crippen LogP contribution in [0, 0.1) is 30.9 Å². The molecule has 0 aliphatic heterocycles. The van der Waals surface area contributed by atoms with Crippen molar-refractivity contribution in [3.8, 4) is 0 Å². The number of carbonyl (C=O) groups excluding carboxylic acids is 2. The molecule has 2 rings (SSSR count). The monoisotopic (exact) mass is 357 g/mol. The van der Waals surface area contributed by atoms with Crippen LogP contribution in [0.4, 0.5) is 17.1 Å². The number of nitrogens with two attached hydrogens (primary N) is 1. The van der Waals surface area contributed by atoms with Crippen molar-refractivity contribution in [3.05, 3.63) is 62.7 Å². The molecule has 2 aromatic carbocycles. The molecule has 0 aliphatic carbocycles. The van der Waals surface area contributed by atoms with Crippen molar-refractivity contribution < 1.29 is 19.2 Å². The summed E-state index contributed by atoms with van der Waals surface area (Å²) < 4.78 is 4.93. The minimum Gasteiger partial charge on any atom is -0.452 e. The molecule has 8 heteroatoms. The highest BCUT2D eigenvalue weighted by Gasteiger charge is 2.18. The Balaban J connectivity index is 2.05. The second-order valence-electron chi connectivity index (χ2n) is 5.93. The van der Waals surface area contributed by atoms with Crippen LogP contribution in [0.5, 0.6) is 0 Å². The number of hydrogen-bond donors (Lipinski definition) is 2. The number of esters is 1. The summed E-state index contributed by atoms with van der Waals surface area (Å²) in [6, 6.07) is 7.30. The Hall–Kier alpha value is -3.42. The largest absolute Gasteiger partial charge is 0.452 e. The number of nitro groups is 1. The van der Waals surface area contributed by atoms with E-state index in [4.69, 9.17) is 10.5 Å². The highest BCUT2D eigenvalue weighted by molar-refractivity contribution is 5.99. The number of amides is 1. The number of aryl methyl sites for hydroxylation is 3. The lowest BCUT2D eigenvalue weighted by Crippen LogP contribution is -2.22. The summed E-state index contributed by atoms with van der Waals surface area (Å²) in [6.45, 7) is 5.15. The number of nitrogens with one attached hydrogen (secondary N) is 1. The van der Waals surface area contributed by atoms with E-state index >= 15 is 0 Å². The molecule has 0 bridgehead atoms. The number of non-ortho nitro benzene ring substituents is 1. The minimum atomic E-state index is -0.904. The highest BCUT2D eigenvalue weighted by atomic mass is 16.6. The first-order valence-corrected chi connectivity index (χ1v) is 7.77. The van der Waals surface area contributed by atoms with E-state index in [0.717, 1.165) is 22.8 Å². The number of benzene rings is 2. The lowest BCUT2D eigenvalue weighted by Gasteiger charge is -2.13. The van der Waals surface area contributed by atoms with Gasteiger partial charge in [-0.05, 0) is 38.0 Å². The lowest BCUT2D eigenvalue weighted by atomic mass is 10.1. The van der Waals surface area contributed by atoms with Gasteiger partial charge in [-0.1, -0.05) is 17.7 Å². The van der Waals surface area contributed by atoms with E-state index in [1.165, 1.54) is 12.1 Å². The van der Waals surface area contributed by atoms with Gasteiger partial charge in [-0.3, -0.25) is 14.9 Å². The van der Waals surface area contributed by atoms with Crippen molar-refractivity contribution in [3.63, 3.8) is 0 Å². The van der Waals surface area contributed by atoms with Gasteiger partial charge in [0.2, 0.25) is 0 Å². The molecule has 2 aromatic rings. The fraction of sp³-hybridized carbons (Fsp3) is 0.222. The maximum atomic E-state index is 12.1. The van der Waals surface area contributed by atoms with Crippen molar-refractivity contribution in [1.29, 1.82) is 0 Å². The van der Waals surface area contributed by atoms with Crippen LogP contribution >= 0.6 is 0 Å². The van der Waals surface area contributed by atoms with Gasteiger partial charge in [0.15, 0.2) is 6.61 Å². The molecular formula is C18H19N3O5. The molecule has 136 valence electrons. The smallest absolute Gasteiger partial charge is 0.341 e. The molecule has 0 spiro atoms. The number of nitrogens with zero attached hydrogens (tertiary/aromatic N) is 1. The summed E-state index contributed by atoms with van der Waals surface area (Å²) in [6.07, 6.45) is 0. The Labute approximate surface area is 150 Å². The topological polar surface area (TPSA) is 125 Å². The molecular weight excluding hydrogens is 338 g/mol. The molecule has 0 saturated carbocycles. The lowest BCUT2D eigenvalue weighted by molar-refractivity contribution is -0.384. The molecule has 0 atom stereocenters. The standard InChI is InChI=1S/C18H19N3O5/c1-10-6-11(2)17(12(3)7-10)20-16(22)9-26-18(23)14-8-13(21(24)25)4-5-15(14)19/h4-8H,9,19H2,1-3H3,(H,20,22). The first-order chi connectivity index (χ1) is 12.2. The number of hydrogen-bond acceptors (Lipinski definition) is 6. The predicted octanol–water partition coefficient (Wildman–Crippen LogP) is 2.90. The maximum absolute atomic E-state index is 12.1. The average Bonchev–Trinajstić information content (AvgIpc) is 2.56. The number of nitro benzene ring substituents is 1. The number of nitrogen functional groups attached to an aromatic ring is 1. The van der Waals surface area contributed by atoms with E-state index in [9.17, 15) is 19.7 Å². The van der Waals surface area contributed by atoms with E-state index in [2.05, 4.69) is 5.32 Å². The molecule has 0 fully saturated rings. The number of carbonyl (C=O) groups is 2. The van der Waals surface area contributed by atoms with E-state index in [0.29, 0.717) is 5.69 Å². The van der Waals surface area contributed by atoms with Crippen molar-refractivity contribution in [2.75, 3.05) is 17.7 Å². The Bertz CT molecular complexity index is 869. The molecule has 0 aliphatic rings. The molecule has 1 amide bonds. The SMILES string of the molecule is Cc1cc(C)c(NC(=O)COC(=O)c2cc([N+](=O)[O-])ccc2N)c(C)c1. The first-order valence-electron chi connectivity index (χ1n) is 7.77. The predicted molar refractivity (Wildman–Crippen MR) is 97.1 cm³/mol. The minimum absolute atomic E-state index is 0.0335. The van der Waals surface area contributed by atoms with Crippen LogP contribution < -0.4 is 11.1 Å². The maximum Gasteiger partial charge on any atom is 0.341 e. The van der Waals surface area contributed by atoms with Crippen LogP contribution in [0.1, 0.15) is 27.0 Å². The Kier molecular flexibility index (Phi) is 5.56. The third-order valence-corrected chi connectivity index (χ3v) is 3.74. The van der Waals surface area contributed by atoms with Crippen LogP contribution in [0.3, 0.4) is 0 Å². The van der Waals surface area contributed by atoms with Crippen molar-refractivity contribution in [2.45, 2.75) is 20.8 Å². The van der Waals surface area contributed by atoms with E-state index in [-0.39, 0.29) is 16.9 Å². The van der Waals surface area contributed by atoms with Gasteiger partial charge < -0.3 is 15.8 Å². The van der Waals surface area contributed by atoms with Gasteiger partial charge in [0.1, 0.15) is 0 Å². The third kappa shape index (κ3) is 4.35. The average molecular weight is 357 g/mol. The fourth-order valence-corrected chi connectivity index (χ4v) is 2.60. The molecule has 0 unspecified atom stereocenters. The van der Waals surface area contributed by atoms with Gasteiger partial charge >= 0.3 is 5.97 Å². The number of rotatable bonds is 5. The molecule has 8 nitrogen and oxygen atoms in total. The number of ether oxygens (including phenoxy) is 1. The summed E-state index contributed by atoms with van der Waals surface area (Å²) in [4.78, 5) is 34.3. The van der Waals surface area contributed by atoms with Gasteiger partial charge in [0.25, 0.3) is 11.6 Å². The third-order valence-electron chi connectivity index (χ3n) is 3.74. The highest BCUT2D eigenvalue weighted by Crippen LogP contribution is 2.22. The van der Waals surface area contributed by atoms with E-state index in [1.807, 2.05) is 32.9 Å². The Morgan fingerprint density at radius 1 is 1.15 bits per heavy atom. The van der Waals surface area contributed by atoms with Crippen LogP contribution in [0.25, 0.3) is 0 Å². The van der Waals surface area contributed by atoms with Crippen molar-refractivity contribution in [1.82, 2.24) is 0 Å². The van der Waals surface area contributed by atoms with E-state index < -0.39 is 23.4 Å². The van der Waals surface area contributed by atoms with Gasteiger partial charge in [-0.25, -0.2) is 4.79 Å². The summed E-state index contributed by atoms with van der Waals surface area (Å²) >= 11 is 0. The quantitative estimate of drug-likeness (QED) is 0.367. The molecule has 26 heavy (non-hydrogen) atoms. The van der Waals surface area contributed by atoms with Crippen LogP contribution in [-0.4, -0.2) is 23.4 Å². The molecule has 0 radical (unpaired) electrons. The zero-order valence-electron chi connectivity index (χ0n) is 14.7. The Morgan fingerprint density at radius 2 is 1.77 bits per heavy atom. The van der Waals surface area contributed by atoms with E-state index in [1.54, 1.807) is 0 Å². The molecule has 0 heterocycles. The van der Waals surface area contributed by atoms with Gasteiger partial charge in [-0.2, -0.15) is 0 Å². The normalized spacial score (nSPS) is 10.3. The van der Waals surface area contributed by atoms with Gasteiger partial charge in [0.05, 0.1) is 10.5 Å². The molecule has 3 N–H and O–H groups in total. The zero-order chi connectivity index (χ0) is 19.4. The summed E-state index contributed by atoms with van der Waals surface area (Å²) in [5.41, 5.74) is 8.76. The summed E-state index contributed by atoms with van der Waals surface area (Å²) in [5, 5.41) is 13.5. The van der Waals surface area contributed by atoms with Gasteiger partial charge in [0, 0.05) is 23.5 Å². The second kappa shape index (κ2) is 7.64. The molecule has 0 aromatic heterocycles. The van der Waals surface area contributed by atoms with Gasteiger partial charge in [-0.15, -0.1) is 0 Å². The van der Waals surface area contributed by atoms with Crippen molar-refractivity contribution in [2.24, 2.45) is 0 Å². The summed E-state index contributed by atoms with van der Waals surface area (Å²) in [5.74, 6) is -1.42. The number of anilines is 2. The van der Waals surface area contributed by atoms with Crippen LogP contribution in [0.15, 0.2) is 30.3 Å². The van der Waals surface area contributed by atoms with Crippen molar-refractivity contribution >= 4 is 28.9 Å². The second-order valence-corrected chi connectivity index (χ2v) is 5.93. The first kappa shape index (κ1) is 18.9. The Morgan fingerprint density at radius 3 is 2.35 bits per heavy atom. The summed E-state index contributed by atoms with van der Waals surface area (Å²) in [7, 11) is 0.